The number of thiophene rings is 1. The second-order valence-electron chi connectivity index (χ2n) is 15.4. The zero-order valence-corrected chi connectivity index (χ0v) is 31.1. The summed E-state index contributed by atoms with van der Waals surface area (Å²) in [6, 6.07) is 34.7. The minimum absolute atomic E-state index is 0.0631. The van der Waals surface area contributed by atoms with E-state index in [0.717, 1.165) is 0 Å². The molecular formula is C42H38BN3SSe. The summed E-state index contributed by atoms with van der Waals surface area (Å²) in [6.07, 6.45) is 3.87. The topological polar surface area (TPSA) is 21.1 Å². The molecule has 0 saturated carbocycles. The number of hydrogen-bond donors (Lipinski definition) is 0. The van der Waals surface area contributed by atoms with Gasteiger partial charge in [0.15, 0.2) is 0 Å². The van der Waals surface area contributed by atoms with Gasteiger partial charge in [-0.25, -0.2) is 0 Å². The molecule has 5 heterocycles. The predicted molar refractivity (Wildman–Crippen MR) is 209 cm³/mol. The van der Waals surface area contributed by atoms with E-state index in [1.807, 2.05) is 23.7 Å². The van der Waals surface area contributed by atoms with E-state index in [4.69, 9.17) is 0 Å². The van der Waals surface area contributed by atoms with Crippen molar-refractivity contribution in [2.75, 3.05) is 4.90 Å². The van der Waals surface area contributed by atoms with Crippen LogP contribution in [0, 0.1) is 6.92 Å². The van der Waals surface area contributed by atoms with E-state index in [0.29, 0.717) is 0 Å². The zero-order chi connectivity index (χ0) is 33.1. The van der Waals surface area contributed by atoms with E-state index in [1.165, 1.54) is 85.2 Å². The SMILES string of the molecule is Cc1cc2c3c(c1)N(c1ccccc1)c1c(sc4cc(C(C)(C)C)ccc14)B3c1c(c3cc(C(C)(C)C)ccc3n1-c1ccncc1)[Se]2. The number of hydrogen-bond acceptors (Lipinski definition) is 3. The zero-order valence-electron chi connectivity index (χ0n) is 28.6. The summed E-state index contributed by atoms with van der Waals surface area (Å²) in [5.41, 5.74) is 13.4. The standard InChI is InChI=1S/C42H38BN3SSe/c1-25-21-33-36-35(22-25)48-38-31-23-26(41(2,3)4)14-16-32(31)46(29-17-19-44-20-18-29)39(38)43(36)40-37(45(33)28-11-9-8-10-12-28)30-15-13-27(42(5,6)7)24-34(30)47-40/h8-24H,1-7H3. The van der Waals surface area contributed by atoms with Crippen LogP contribution in [0.3, 0.4) is 0 Å². The van der Waals surface area contributed by atoms with Crippen LogP contribution < -0.4 is 29.7 Å². The molecule has 0 amide bonds. The molecular weight excluding hydrogens is 668 g/mol. The average Bonchev–Trinajstić information content (AvgIpc) is 3.60. The van der Waals surface area contributed by atoms with E-state index in [-0.39, 0.29) is 32.5 Å². The monoisotopic (exact) mass is 707 g/mol. The van der Waals surface area contributed by atoms with Crippen LogP contribution in [0.4, 0.5) is 17.1 Å². The molecule has 3 nitrogen and oxygen atoms in total. The fourth-order valence-electron chi connectivity index (χ4n) is 7.66. The molecule has 0 bridgehead atoms. The Bertz CT molecular complexity index is 2410. The van der Waals surface area contributed by atoms with Crippen molar-refractivity contribution in [1.29, 1.82) is 0 Å². The van der Waals surface area contributed by atoms with Crippen LogP contribution in [-0.4, -0.2) is 31.2 Å². The Morgan fingerprint density at radius 1 is 0.729 bits per heavy atom. The van der Waals surface area contributed by atoms with E-state index in [2.05, 4.69) is 154 Å². The van der Waals surface area contributed by atoms with Gasteiger partial charge in [-0.3, -0.25) is 0 Å². The fourth-order valence-corrected chi connectivity index (χ4v) is 11.9. The number of rotatable bonds is 2. The molecule has 0 aliphatic carbocycles. The number of para-hydroxylation sites is 1. The van der Waals surface area contributed by atoms with Crippen LogP contribution in [0.1, 0.15) is 58.2 Å². The molecule has 48 heavy (non-hydrogen) atoms. The Morgan fingerprint density at radius 3 is 2.17 bits per heavy atom. The Labute approximate surface area is 293 Å². The fraction of sp³-hybridized carbons (Fsp3) is 0.214. The third-order valence-corrected chi connectivity index (χ3v) is 13.8. The Hall–Kier alpha value is -4.09. The first kappa shape index (κ1) is 30.0. The van der Waals surface area contributed by atoms with Crippen LogP contribution in [0.5, 0.6) is 0 Å². The maximum absolute atomic E-state index is 4.43. The van der Waals surface area contributed by atoms with Crippen LogP contribution in [0.25, 0.3) is 26.7 Å². The molecule has 0 radical (unpaired) electrons. The number of aryl methyl sites for hydroxylation is 1. The first-order valence-electron chi connectivity index (χ1n) is 16.8. The molecule has 0 spiro atoms. The van der Waals surface area contributed by atoms with Crippen molar-refractivity contribution in [2.45, 2.75) is 59.3 Å². The van der Waals surface area contributed by atoms with Crippen molar-refractivity contribution in [3.63, 3.8) is 0 Å². The molecule has 7 aromatic rings. The number of nitrogens with zero attached hydrogens (tertiary/aromatic N) is 3. The summed E-state index contributed by atoms with van der Waals surface area (Å²) >= 11 is 2.13. The Kier molecular flexibility index (Phi) is 6.54. The Balaban J connectivity index is 1.44. The summed E-state index contributed by atoms with van der Waals surface area (Å²) in [5, 5.41) is 2.73. The average molecular weight is 707 g/mol. The molecule has 2 aliphatic rings. The van der Waals surface area contributed by atoms with Gasteiger partial charge in [0.25, 0.3) is 0 Å². The van der Waals surface area contributed by atoms with Crippen LogP contribution in [-0.2, 0) is 10.8 Å². The van der Waals surface area contributed by atoms with Gasteiger partial charge in [-0.2, -0.15) is 0 Å². The molecule has 0 unspecified atom stereocenters. The third-order valence-electron chi connectivity index (χ3n) is 10.1. The second-order valence-corrected chi connectivity index (χ2v) is 18.7. The summed E-state index contributed by atoms with van der Waals surface area (Å²) < 4.78 is 8.39. The van der Waals surface area contributed by atoms with Gasteiger partial charge in [0.05, 0.1) is 0 Å². The third kappa shape index (κ3) is 4.43. The van der Waals surface area contributed by atoms with Gasteiger partial charge in [-0.1, -0.05) is 0 Å². The quantitative estimate of drug-likeness (QED) is 0.175. The molecule has 0 N–H and O–H groups in total. The van der Waals surface area contributed by atoms with Gasteiger partial charge in [0.2, 0.25) is 0 Å². The van der Waals surface area contributed by atoms with Gasteiger partial charge in [-0.05, 0) is 0 Å². The number of pyridine rings is 1. The normalized spacial score (nSPS) is 14.0. The van der Waals surface area contributed by atoms with Gasteiger partial charge in [-0.15, -0.1) is 0 Å². The van der Waals surface area contributed by atoms with E-state index >= 15 is 0 Å². The summed E-state index contributed by atoms with van der Waals surface area (Å²) in [7, 11) is 0. The molecule has 3 aromatic heterocycles. The van der Waals surface area contributed by atoms with Crippen molar-refractivity contribution in [3.8, 4) is 5.69 Å². The second kappa shape index (κ2) is 10.5. The van der Waals surface area contributed by atoms with E-state index < -0.39 is 0 Å². The number of anilines is 3. The maximum atomic E-state index is 4.43. The number of aromatic nitrogens is 2. The van der Waals surface area contributed by atoms with Gasteiger partial charge in [0.1, 0.15) is 0 Å². The van der Waals surface area contributed by atoms with Crippen molar-refractivity contribution in [3.05, 3.63) is 120 Å². The molecule has 9 rings (SSSR count). The molecule has 4 aromatic carbocycles. The Morgan fingerprint density at radius 2 is 1.44 bits per heavy atom. The molecule has 6 heteroatoms. The molecule has 0 fully saturated rings. The van der Waals surface area contributed by atoms with E-state index in [9.17, 15) is 0 Å². The van der Waals surface area contributed by atoms with Gasteiger partial charge < -0.3 is 0 Å². The molecule has 0 atom stereocenters. The van der Waals surface area contributed by atoms with Crippen molar-refractivity contribution >= 4 is 95.8 Å². The summed E-state index contributed by atoms with van der Waals surface area (Å²) in [5.74, 6) is 0. The minimum atomic E-state index is 0.0631. The summed E-state index contributed by atoms with van der Waals surface area (Å²) in [6.45, 7) is 16.3. The van der Waals surface area contributed by atoms with Crippen molar-refractivity contribution < 1.29 is 0 Å². The molecule has 2 aliphatic heterocycles. The number of fused-ring (bicyclic) bond motifs is 8. The van der Waals surface area contributed by atoms with Crippen LogP contribution in [0.15, 0.2) is 103 Å². The molecule has 0 saturated heterocycles. The number of benzene rings is 4. The first-order chi connectivity index (χ1) is 23.0. The predicted octanol–water partition coefficient (Wildman–Crippen LogP) is 7.41. The summed E-state index contributed by atoms with van der Waals surface area (Å²) in [4.78, 5) is 7.00. The first-order valence-corrected chi connectivity index (χ1v) is 19.4. The van der Waals surface area contributed by atoms with Crippen LogP contribution >= 0.6 is 11.3 Å². The van der Waals surface area contributed by atoms with Crippen molar-refractivity contribution in [1.82, 2.24) is 9.55 Å². The van der Waals surface area contributed by atoms with Crippen LogP contribution in [0.2, 0.25) is 0 Å². The van der Waals surface area contributed by atoms with Gasteiger partial charge in [0, 0.05) is 0 Å². The van der Waals surface area contributed by atoms with Crippen molar-refractivity contribution in [2.24, 2.45) is 0 Å². The van der Waals surface area contributed by atoms with Gasteiger partial charge >= 0.3 is 295 Å². The van der Waals surface area contributed by atoms with E-state index in [1.54, 1.807) is 0 Å². The molecule has 236 valence electrons.